The lowest BCUT2D eigenvalue weighted by molar-refractivity contribution is -0.135. The van der Waals surface area contributed by atoms with Crippen LogP contribution in [-0.2, 0) is 4.79 Å². The SMILES string of the molecule is C=C.C=CC(C)CC.C=CCC(=O)O. The van der Waals surface area contributed by atoms with Crippen LogP contribution < -0.4 is 0 Å². The Kier molecular flexibility index (Phi) is 23.3. The van der Waals surface area contributed by atoms with E-state index >= 15 is 0 Å². The summed E-state index contributed by atoms with van der Waals surface area (Å²) < 4.78 is 0. The number of allylic oxidation sites excluding steroid dienone is 1. The fourth-order valence-electron chi connectivity index (χ4n) is 0.290. The van der Waals surface area contributed by atoms with E-state index in [0.29, 0.717) is 5.92 Å². The van der Waals surface area contributed by atoms with Crippen molar-refractivity contribution in [1.82, 2.24) is 0 Å². The second kappa shape index (κ2) is 17.7. The predicted molar refractivity (Wildman–Crippen MR) is 63.4 cm³/mol. The van der Waals surface area contributed by atoms with E-state index < -0.39 is 5.97 Å². The van der Waals surface area contributed by atoms with Gasteiger partial charge in [0.05, 0.1) is 6.42 Å². The van der Waals surface area contributed by atoms with Crippen LogP contribution in [0.3, 0.4) is 0 Å². The maximum absolute atomic E-state index is 9.53. The molecule has 1 atom stereocenters. The van der Waals surface area contributed by atoms with Crippen LogP contribution in [0.4, 0.5) is 0 Å². The summed E-state index contributed by atoms with van der Waals surface area (Å²) in [4.78, 5) is 9.53. The summed E-state index contributed by atoms with van der Waals surface area (Å²) in [7, 11) is 0. The number of carbonyl (C=O) groups is 1. The van der Waals surface area contributed by atoms with Gasteiger partial charge in [-0.05, 0) is 5.92 Å². The van der Waals surface area contributed by atoms with Crippen molar-refractivity contribution in [2.75, 3.05) is 0 Å². The second-order valence-corrected chi connectivity index (χ2v) is 2.51. The molecule has 1 unspecified atom stereocenters. The van der Waals surface area contributed by atoms with Crippen molar-refractivity contribution in [3.05, 3.63) is 38.5 Å². The lowest BCUT2D eigenvalue weighted by Gasteiger charge is -1.93. The Hall–Kier alpha value is -1.31. The van der Waals surface area contributed by atoms with Crippen molar-refractivity contribution in [1.29, 1.82) is 0 Å². The Labute approximate surface area is 87.7 Å². The number of aliphatic carboxylic acids is 1. The molecule has 0 amide bonds. The van der Waals surface area contributed by atoms with E-state index in [2.05, 4.69) is 40.2 Å². The molecule has 0 aliphatic heterocycles. The van der Waals surface area contributed by atoms with E-state index in [1.54, 1.807) is 0 Å². The average Bonchev–Trinajstić information content (AvgIpc) is 2.20. The Morgan fingerprint density at radius 1 is 1.43 bits per heavy atom. The van der Waals surface area contributed by atoms with Crippen molar-refractivity contribution in [3.8, 4) is 0 Å². The highest BCUT2D eigenvalue weighted by Crippen LogP contribution is 1.98. The quantitative estimate of drug-likeness (QED) is 0.700. The number of rotatable bonds is 4. The topological polar surface area (TPSA) is 37.3 Å². The summed E-state index contributed by atoms with van der Waals surface area (Å²) >= 11 is 0. The number of hydrogen-bond acceptors (Lipinski definition) is 1. The minimum atomic E-state index is -0.829. The van der Waals surface area contributed by atoms with Gasteiger partial charge in [-0.15, -0.1) is 26.3 Å². The van der Waals surface area contributed by atoms with Gasteiger partial charge in [0.1, 0.15) is 0 Å². The van der Waals surface area contributed by atoms with Crippen molar-refractivity contribution in [2.45, 2.75) is 26.7 Å². The molecule has 0 aromatic heterocycles. The standard InChI is InChI=1S/C6H12.C4H6O2.C2H4/c1-4-6(3)5-2;1-2-3-4(5)6;1-2/h4,6H,1,5H2,2-3H3;2H,1,3H2,(H,5,6);1-2H2. The first-order valence-corrected chi connectivity index (χ1v) is 4.53. The van der Waals surface area contributed by atoms with Crippen LogP contribution in [0.15, 0.2) is 38.5 Å². The average molecular weight is 198 g/mol. The molecular formula is C12H22O2. The first-order chi connectivity index (χ1) is 6.58. The summed E-state index contributed by atoms with van der Waals surface area (Å²) in [6.45, 7) is 17.2. The molecule has 0 saturated heterocycles. The van der Waals surface area contributed by atoms with E-state index in [1.165, 1.54) is 12.5 Å². The number of hydrogen-bond donors (Lipinski definition) is 1. The largest absolute Gasteiger partial charge is 0.481 e. The number of carboxylic acid groups (broad SMARTS) is 1. The van der Waals surface area contributed by atoms with Gasteiger partial charge in [-0.3, -0.25) is 4.79 Å². The third-order valence-corrected chi connectivity index (χ3v) is 1.37. The van der Waals surface area contributed by atoms with Gasteiger partial charge in [-0.2, -0.15) is 0 Å². The Morgan fingerprint density at radius 2 is 1.86 bits per heavy atom. The van der Waals surface area contributed by atoms with Crippen LogP contribution in [0.25, 0.3) is 0 Å². The summed E-state index contributed by atoms with van der Waals surface area (Å²) in [5.41, 5.74) is 0. The molecule has 1 N–H and O–H groups in total. The van der Waals surface area contributed by atoms with Crippen molar-refractivity contribution in [2.24, 2.45) is 5.92 Å². The zero-order chi connectivity index (χ0) is 12.0. The van der Waals surface area contributed by atoms with Crippen molar-refractivity contribution >= 4 is 5.97 Å². The van der Waals surface area contributed by atoms with Gasteiger partial charge >= 0.3 is 5.97 Å². The van der Waals surface area contributed by atoms with Gasteiger partial charge < -0.3 is 5.11 Å². The Balaban J connectivity index is -0.000000147. The van der Waals surface area contributed by atoms with Gasteiger partial charge in [0.2, 0.25) is 0 Å². The van der Waals surface area contributed by atoms with Crippen LogP contribution in [0, 0.1) is 5.92 Å². The minimum Gasteiger partial charge on any atom is -0.481 e. The summed E-state index contributed by atoms with van der Waals surface area (Å²) in [5.74, 6) is -0.130. The van der Waals surface area contributed by atoms with Gasteiger partial charge in [0.25, 0.3) is 0 Å². The van der Waals surface area contributed by atoms with Crippen LogP contribution in [-0.4, -0.2) is 11.1 Å². The molecule has 0 bridgehead atoms. The number of carboxylic acids is 1. The maximum atomic E-state index is 9.53. The third kappa shape index (κ3) is 31.0. The van der Waals surface area contributed by atoms with Gasteiger partial charge in [-0.1, -0.05) is 32.4 Å². The van der Waals surface area contributed by atoms with Crippen LogP contribution in [0.1, 0.15) is 26.7 Å². The molecule has 0 aromatic rings. The Morgan fingerprint density at radius 3 is 1.86 bits per heavy atom. The first-order valence-electron chi connectivity index (χ1n) is 4.53. The zero-order valence-corrected chi connectivity index (χ0v) is 9.33. The molecule has 2 nitrogen and oxygen atoms in total. The maximum Gasteiger partial charge on any atom is 0.307 e. The highest BCUT2D eigenvalue weighted by molar-refractivity contribution is 5.68. The van der Waals surface area contributed by atoms with E-state index in [4.69, 9.17) is 5.11 Å². The highest BCUT2D eigenvalue weighted by Gasteiger charge is 1.84. The lowest BCUT2D eigenvalue weighted by atomic mass is 10.1. The zero-order valence-electron chi connectivity index (χ0n) is 9.33. The Bertz CT molecular complexity index is 150. The molecule has 14 heavy (non-hydrogen) atoms. The summed E-state index contributed by atoms with van der Waals surface area (Å²) in [5, 5.41) is 7.84. The van der Waals surface area contributed by atoms with E-state index in [1.807, 2.05) is 6.08 Å². The molecular weight excluding hydrogens is 176 g/mol. The van der Waals surface area contributed by atoms with Crippen molar-refractivity contribution in [3.63, 3.8) is 0 Å². The van der Waals surface area contributed by atoms with E-state index in [-0.39, 0.29) is 6.42 Å². The fourth-order valence-corrected chi connectivity index (χ4v) is 0.290. The molecule has 0 aliphatic rings. The minimum absolute atomic E-state index is 0.0556. The van der Waals surface area contributed by atoms with Gasteiger partial charge in [0.15, 0.2) is 0 Å². The molecule has 2 heteroatoms. The molecule has 0 aromatic carbocycles. The third-order valence-electron chi connectivity index (χ3n) is 1.37. The van der Waals surface area contributed by atoms with Crippen LogP contribution in [0.2, 0.25) is 0 Å². The highest BCUT2D eigenvalue weighted by atomic mass is 16.4. The summed E-state index contributed by atoms with van der Waals surface area (Å²) in [6.07, 6.45) is 4.59. The summed E-state index contributed by atoms with van der Waals surface area (Å²) in [6, 6.07) is 0. The predicted octanol–water partition coefficient (Wildman–Crippen LogP) is 3.67. The molecule has 0 radical (unpaired) electrons. The van der Waals surface area contributed by atoms with Crippen LogP contribution in [0.5, 0.6) is 0 Å². The molecule has 0 fully saturated rings. The normalized spacial score (nSPS) is 9.29. The van der Waals surface area contributed by atoms with Crippen LogP contribution >= 0.6 is 0 Å². The fraction of sp³-hybridized carbons (Fsp3) is 0.417. The van der Waals surface area contributed by atoms with Gasteiger partial charge in [-0.25, -0.2) is 0 Å². The van der Waals surface area contributed by atoms with Crippen molar-refractivity contribution < 1.29 is 9.90 Å². The molecule has 0 heterocycles. The molecule has 0 spiro atoms. The molecule has 82 valence electrons. The molecule has 0 rings (SSSR count). The lowest BCUT2D eigenvalue weighted by Crippen LogP contribution is -1.88. The molecule has 0 aliphatic carbocycles. The first kappa shape index (κ1) is 18.5. The van der Waals surface area contributed by atoms with E-state index in [9.17, 15) is 4.79 Å². The monoisotopic (exact) mass is 198 g/mol. The smallest absolute Gasteiger partial charge is 0.307 e. The van der Waals surface area contributed by atoms with E-state index in [0.717, 1.165) is 0 Å². The molecule has 0 saturated carbocycles. The second-order valence-electron chi connectivity index (χ2n) is 2.51. The van der Waals surface area contributed by atoms with Gasteiger partial charge in [0, 0.05) is 0 Å².